The molecule has 1 atom stereocenters. The van der Waals surface area contributed by atoms with Crippen LogP contribution in [0.4, 0.5) is 20.4 Å². The van der Waals surface area contributed by atoms with Gasteiger partial charge in [0.15, 0.2) is 23.3 Å². The van der Waals surface area contributed by atoms with Crippen LogP contribution in [-0.2, 0) is 0 Å². The van der Waals surface area contributed by atoms with Gasteiger partial charge in [-0.15, -0.1) is 0 Å². The molecule has 3 nitrogen and oxygen atoms in total. The summed E-state index contributed by atoms with van der Waals surface area (Å²) < 4.78 is 26.6. The highest BCUT2D eigenvalue weighted by atomic mass is 19.1. The van der Waals surface area contributed by atoms with E-state index >= 15 is 0 Å². The van der Waals surface area contributed by atoms with Crippen molar-refractivity contribution in [1.82, 2.24) is 4.98 Å². The zero-order chi connectivity index (χ0) is 14.0. The molecule has 1 unspecified atom stereocenters. The Hall–Kier alpha value is -2.17. The van der Waals surface area contributed by atoms with Gasteiger partial charge in [0.05, 0.1) is 6.04 Å². The lowest BCUT2D eigenvalue weighted by atomic mass is 10.1. The molecule has 0 spiro atoms. The molecule has 5 heteroatoms. The summed E-state index contributed by atoms with van der Waals surface area (Å²) in [4.78, 5) is 3.67. The van der Waals surface area contributed by atoms with E-state index in [1.54, 1.807) is 0 Å². The first-order chi connectivity index (χ1) is 8.97. The number of nitrogens with zero attached hydrogens (tertiary/aromatic N) is 1. The molecule has 1 aromatic carbocycles. The molecule has 0 aliphatic heterocycles. The maximum absolute atomic E-state index is 13.6. The normalized spacial score (nSPS) is 12.2. The van der Waals surface area contributed by atoms with Crippen molar-refractivity contribution in [2.24, 2.45) is 0 Å². The number of nitrogens with one attached hydrogen (secondary N) is 1. The zero-order valence-electron chi connectivity index (χ0n) is 10.7. The van der Waals surface area contributed by atoms with Crippen molar-refractivity contribution >= 4 is 11.6 Å². The monoisotopic (exact) mass is 263 g/mol. The number of nitrogens with two attached hydrogens (primary N) is 1. The standard InChI is InChI=1S/C14H15F2N3/c1-8-3-5-10(6-4-8)9(2)18-14-12(16)7-11(15)13(17)19-14/h3-7,9H,1-2H3,(H3,17,18,19). The number of nitrogen functional groups attached to an aromatic ring is 1. The van der Waals surface area contributed by atoms with E-state index < -0.39 is 11.6 Å². The second kappa shape index (κ2) is 5.22. The van der Waals surface area contributed by atoms with E-state index in [-0.39, 0.29) is 17.7 Å². The molecule has 0 aliphatic rings. The van der Waals surface area contributed by atoms with Crippen molar-refractivity contribution in [2.75, 3.05) is 11.1 Å². The number of pyridine rings is 1. The van der Waals surface area contributed by atoms with Crippen molar-refractivity contribution in [3.8, 4) is 0 Å². The highest BCUT2D eigenvalue weighted by Crippen LogP contribution is 2.22. The average Bonchev–Trinajstić information content (AvgIpc) is 2.36. The first kappa shape index (κ1) is 13.3. The van der Waals surface area contributed by atoms with E-state index in [4.69, 9.17) is 5.73 Å². The lowest BCUT2D eigenvalue weighted by Gasteiger charge is -2.16. The van der Waals surface area contributed by atoms with Crippen LogP contribution in [-0.4, -0.2) is 4.98 Å². The Bertz CT molecular complexity index is 582. The van der Waals surface area contributed by atoms with Gasteiger partial charge < -0.3 is 11.1 Å². The van der Waals surface area contributed by atoms with Gasteiger partial charge in [-0.1, -0.05) is 29.8 Å². The third kappa shape index (κ3) is 2.99. The molecule has 100 valence electrons. The molecule has 0 saturated heterocycles. The number of hydrogen-bond acceptors (Lipinski definition) is 3. The first-order valence-electron chi connectivity index (χ1n) is 5.92. The molecular weight excluding hydrogens is 248 g/mol. The number of halogens is 2. The lowest BCUT2D eigenvalue weighted by Crippen LogP contribution is -2.11. The van der Waals surface area contributed by atoms with Crippen LogP contribution in [0.2, 0.25) is 0 Å². The zero-order valence-corrected chi connectivity index (χ0v) is 10.7. The molecule has 0 amide bonds. The van der Waals surface area contributed by atoms with Crippen molar-refractivity contribution in [1.29, 1.82) is 0 Å². The molecular formula is C14H15F2N3. The van der Waals surface area contributed by atoms with E-state index in [0.717, 1.165) is 17.2 Å². The summed E-state index contributed by atoms with van der Waals surface area (Å²) in [7, 11) is 0. The number of rotatable bonds is 3. The van der Waals surface area contributed by atoms with Crippen molar-refractivity contribution in [2.45, 2.75) is 19.9 Å². The Kier molecular flexibility index (Phi) is 3.64. The van der Waals surface area contributed by atoms with E-state index in [9.17, 15) is 8.78 Å². The average molecular weight is 263 g/mol. The molecule has 0 fully saturated rings. The van der Waals surface area contributed by atoms with Gasteiger partial charge in [0.25, 0.3) is 0 Å². The van der Waals surface area contributed by atoms with Crippen LogP contribution in [0.1, 0.15) is 24.1 Å². The molecule has 0 aliphatic carbocycles. The maximum atomic E-state index is 13.6. The minimum absolute atomic E-state index is 0.0491. The Morgan fingerprint density at radius 2 is 1.79 bits per heavy atom. The number of aromatic nitrogens is 1. The summed E-state index contributed by atoms with van der Waals surface area (Å²) in [6.45, 7) is 3.86. The van der Waals surface area contributed by atoms with Crippen LogP contribution < -0.4 is 11.1 Å². The number of benzene rings is 1. The van der Waals surface area contributed by atoms with Crippen LogP contribution in [0.15, 0.2) is 30.3 Å². The van der Waals surface area contributed by atoms with Gasteiger partial charge in [-0.25, -0.2) is 13.8 Å². The number of hydrogen-bond donors (Lipinski definition) is 2. The van der Waals surface area contributed by atoms with Crippen LogP contribution in [0.3, 0.4) is 0 Å². The minimum Gasteiger partial charge on any atom is -0.381 e. The molecule has 1 aromatic heterocycles. The molecule has 0 saturated carbocycles. The predicted molar refractivity (Wildman–Crippen MR) is 71.8 cm³/mol. The van der Waals surface area contributed by atoms with Gasteiger partial charge in [-0.05, 0) is 19.4 Å². The van der Waals surface area contributed by atoms with Crippen molar-refractivity contribution < 1.29 is 8.78 Å². The number of aryl methyl sites for hydroxylation is 1. The smallest absolute Gasteiger partial charge is 0.168 e. The van der Waals surface area contributed by atoms with Crippen LogP contribution >= 0.6 is 0 Å². The Balaban J connectivity index is 2.21. The third-order valence-corrected chi connectivity index (χ3v) is 2.89. The summed E-state index contributed by atoms with van der Waals surface area (Å²) in [6.07, 6.45) is 0. The number of anilines is 2. The summed E-state index contributed by atoms with van der Waals surface area (Å²) in [5.41, 5.74) is 7.46. The topological polar surface area (TPSA) is 50.9 Å². The van der Waals surface area contributed by atoms with E-state index in [2.05, 4.69) is 10.3 Å². The van der Waals surface area contributed by atoms with E-state index in [0.29, 0.717) is 0 Å². The van der Waals surface area contributed by atoms with Crippen LogP contribution in [0.25, 0.3) is 0 Å². The minimum atomic E-state index is -0.856. The molecule has 1 heterocycles. The van der Waals surface area contributed by atoms with Gasteiger partial charge in [0.2, 0.25) is 0 Å². The molecule has 2 aromatic rings. The molecule has 0 radical (unpaired) electrons. The summed E-state index contributed by atoms with van der Waals surface area (Å²) >= 11 is 0. The van der Waals surface area contributed by atoms with Crippen LogP contribution in [0.5, 0.6) is 0 Å². The van der Waals surface area contributed by atoms with Gasteiger partial charge in [-0.2, -0.15) is 0 Å². The van der Waals surface area contributed by atoms with Gasteiger partial charge in [-0.3, -0.25) is 0 Å². The SMILES string of the molecule is Cc1ccc(C(C)Nc2nc(N)c(F)cc2F)cc1. The Labute approximate surface area is 110 Å². The van der Waals surface area contributed by atoms with Crippen LogP contribution in [0, 0.1) is 18.6 Å². The quantitative estimate of drug-likeness (QED) is 0.892. The third-order valence-electron chi connectivity index (χ3n) is 2.89. The van der Waals surface area contributed by atoms with Crippen molar-refractivity contribution in [3.63, 3.8) is 0 Å². The van der Waals surface area contributed by atoms with Gasteiger partial charge in [0.1, 0.15) is 0 Å². The molecule has 3 N–H and O–H groups in total. The highest BCUT2D eigenvalue weighted by Gasteiger charge is 2.13. The maximum Gasteiger partial charge on any atom is 0.168 e. The summed E-state index contributed by atoms with van der Waals surface area (Å²) in [5, 5.41) is 2.88. The predicted octanol–water partition coefficient (Wildman–Crippen LogP) is 3.42. The Morgan fingerprint density at radius 1 is 1.16 bits per heavy atom. The fourth-order valence-electron chi connectivity index (χ4n) is 1.73. The molecule has 2 rings (SSSR count). The largest absolute Gasteiger partial charge is 0.381 e. The second-order valence-electron chi connectivity index (χ2n) is 4.46. The molecule has 0 bridgehead atoms. The summed E-state index contributed by atoms with van der Waals surface area (Å²) in [5.74, 6) is -1.98. The second-order valence-corrected chi connectivity index (χ2v) is 4.46. The summed E-state index contributed by atoms with van der Waals surface area (Å²) in [6, 6.07) is 8.39. The fourth-order valence-corrected chi connectivity index (χ4v) is 1.73. The first-order valence-corrected chi connectivity index (χ1v) is 5.92. The van der Waals surface area contributed by atoms with E-state index in [1.807, 2.05) is 38.1 Å². The lowest BCUT2D eigenvalue weighted by molar-refractivity contribution is 0.578. The molecule has 19 heavy (non-hydrogen) atoms. The van der Waals surface area contributed by atoms with Gasteiger partial charge in [0, 0.05) is 6.07 Å². The van der Waals surface area contributed by atoms with Crippen molar-refractivity contribution in [3.05, 3.63) is 53.1 Å². The van der Waals surface area contributed by atoms with Gasteiger partial charge >= 0.3 is 0 Å². The van der Waals surface area contributed by atoms with E-state index in [1.165, 1.54) is 0 Å². The Morgan fingerprint density at radius 3 is 2.42 bits per heavy atom. The highest BCUT2D eigenvalue weighted by molar-refractivity contribution is 5.46. The fraction of sp³-hybridized carbons (Fsp3) is 0.214.